The van der Waals surface area contributed by atoms with Gasteiger partial charge >= 0.3 is 0 Å². The monoisotopic (exact) mass is 406 g/mol. The van der Waals surface area contributed by atoms with E-state index in [1.54, 1.807) is 18.5 Å². The maximum Gasteiger partial charge on any atom is 0.228 e. The van der Waals surface area contributed by atoms with Gasteiger partial charge in [0.05, 0.1) is 12.5 Å². The van der Waals surface area contributed by atoms with Crippen LogP contribution in [0.25, 0.3) is 27.8 Å². The molecule has 0 bridgehead atoms. The van der Waals surface area contributed by atoms with E-state index >= 15 is 0 Å². The van der Waals surface area contributed by atoms with Crippen LogP contribution in [0.15, 0.2) is 30.9 Å². The van der Waals surface area contributed by atoms with Crippen LogP contribution < -0.4 is 10.1 Å². The number of amides is 1. The number of methoxy groups -OCH3 is 1. The van der Waals surface area contributed by atoms with Crippen LogP contribution in [-0.2, 0) is 4.79 Å². The lowest BCUT2D eigenvalue weighted by Crippen LogP contribution is -2.41. The number of ether oxygens (including phenoxy) is 1. The second-order valence-corrected chi connectivity index (χ2v) is 7.39. The molecule has 1 amide bonds. The molecule has 2 N–H and O–H groups in total. The number of fused-ring (bicyclic) bond motifs is 2. The summed E-state index contributed by atoms with van der Waals surface area (Å²) < 4.78 is 7.33. The van der Waals surface area contributed by atoms with Crippen LogP contribution in [0.4, 0.5) is 5.95 Å². The van der Waals surface area contributed by atoms with Crippen LogP contribution in [0.2, 0.25) is 0 Å². The van der Waals surface area contributed by atoms with E-state index in [0.29, 0.717) is 17.5 Å². The molecule has 0 aromatic carbocycles. The van der Waals surface area contributed by atoms with Gasteiger partial charge in [0.2, 0.25) is 17.7 Å². The van der Waals surface area contributed by atoms with Crippen molar-refractivity contribution in [2.45, 2.75) is 25.8 Å². The highest BCUT2D eigenvalue weighted by molar-refractivity contribution is 5.97. The molecule has 0 unspecified atom stereocenters. The standard InChI is InChI=1S/C20H22N8O2/c1-12(29)27-7-5-14(6-8-27)24-20-25-18-17(19(26-20)30-2)15(9-21-18)13-3-4-16-22-11-23-28(16)10-13/h3-4,9-11,14H,5-8H2,1-2H3,(H2,21,24,25,26). The fourth-order valence-electron chi connectivity index (χ4n) is 3.94. The summed E-state index contributed by atoms with van der Waals surface area (Å²) in [6, 6.07) is 4.12. The van der Waals surface area contributed by atoms with E-state index in [1.165, 1.54) is 6.33 Å². The van der Waals surface area contributed by atoms with Gasteiger partial charge in [-0.2, -0.15) is 15.1 Å². The van der Waals surface area contributed by atoms with Crippen LogP contribution in [0.1, 0.15) is 19.8 Å². The Kier molecular flexibility index (Phi) is 4.46. The molecule has 1 saturated heterocycles. The number of piperidine rings is 1. The first-order valence-electron chi connectivity index (χ1n) is 9.87. The summed E-state index contributed by atoms with van der Waals surface area (Å²) in [7, 11) is 1.61. The van der Waals surface area contributed by atoms with Gasteiger partial charge in [0, 0.05) is 49.6 Å². The number of carbonyl (C=O) groups excluding carboxylic acids is 1. The molecule has 1 fully saturated rings. The largest absolute Gasteiger partial charge is 0.480 e. The number of aromatic amines is 1. The summed E-state index contributed by atoms with van der Waals surface area (Å²) >= 11 is 0. The number of hydrogen-bond acceptors (Lipinski definition) is 7. The van der Waals surface area contributed by atoms with Crippen molar-refractivity contribution in [3.63, 3.8) is 0 Å². The normalized spacial score (nSPS) is 15.1. The molecule has 5 rings (SSSR count). The lowest BCUT2D eigenvalue weighted by atomic mass is 10.1. The van der Waals surface area contributed by atoms with Gasteiger partial charge in [-0.15, -0.1) is 0 Å². The Morgan fingerprint density at radius 2 is 2.10 bits per heavy atom. The number of H-pyrrole nitrogens is 1. The number of pyridine rings is 1. The van der Waals surface area contributed by atoms with Crippen molar-refractivity contribution >= 4 is 28.5 Å². The van der Waals surface area contributed by atoms with Gasteiger partial charge in [0.25, 0.3) is 0 Å². The van der Waals surface area contributed by atoms with E-state index in [0.717, 1.165) is 48.1 Å². The average Bonchev–Trinajstić information content (AvgIpc) is 3.39. The molecular formula is C20H22N8O2. The first-order valence-corrected chi connectivity index (χ1v) is 9.87. The van der Waals surface area contributed by atoms with Crippen LogP contribution >= 0.6 is 0 Å². The van der Waals surface area contributed by atoms with Gasteiger partial charge in [-0.3, -0.25) is 4.79 Å². The maximum absolute atomic E-state index is 11.5. The van der Waals surface area contributed by atoms with E-state index in [1.807, 2.05) is 29.4 Å². The number of hydrogen-bond donors (Lipinski definition) is 2. The Morgan fingerprint density at radius 3 is 2.87 bits per heavy atom. The van der Waals surface area contributed by atoms with Crippen LogP contribution in [-0.4, -0.2) is 66.6 Å². The molecule has 4 aromatic heterocycles. The van der Waals surface area contributed by atoms with Crippen molar-refractivity contribution in [1.29, 1.82) is 0 Å². The van der Waals surface area contributed by atoms with E-state index in [4.69, 9.17) is 4.74 Å². The van der Waals surface area contributed by atoms with Crippen molar-refractivity contribution in [2.75, 3.05) is 25.5 Å². The summed E-state index contributed by atoms with van der Waals surface area (Å²) in [4.78, 5) is 30.1. The second-order valence-electron chi connectivity index (χ2n) is 7.39. The lowest BCUT2D eigenvalue weighted by Gasteiger charge is -2.31. The van der Waals surface area contributed by atoms with Gasteiger partial charge in [-0.25, -0.2) is 9.50 Å². The molecule has 1 aliphatic rings. The maximum atomic E-state index is 11.5. The smallest absolute Gasteiger partial charge is 0.228 e. The quantitative estimate of drug-likeness (QED) is 0.533. The summed E-state index contributed by atoms with van der Waals surface area (Å²) in [6.45, 7) is 3.09. The summed E-state index contributed by atoms with van der Waals surface area (Å²) in [5, 5.41) is 8.41. The Bertz CT molecular complexity index is 1220. The third-order valence-corrected chi connectivity index (χ3v) is 5.55. The van der Waals surface area contributed by atoms with Crippen molar-refractivity contribution in [3.8, 4) is 17.0 Å². The summed E-state index contributed by atoms with van der Waals surface area (Å²) in [6.07, 6.45) is 7.06. The third-order valence-electron chi connectivity index (χ3n) is 5.55. The Balaban J connectivity index is 1.45. The number of aromatic nitrogens is 6. The van der Waals surface area contributed by atoms with Gasteiger partial charge in [-0.1, -0.05) is 0 Å². The molecule has 0 spiro atoms. The van der Waals surface area contributed by atoms with Gasteiger partial charge in [0.15, 0.2) is 5.65 Å². The number of rotatable bonds is 4. The van der Waals surface area contributed by atoms with Gasteiger partial charge in [-0.05, 0) is 25.0 Å². The number of anilines is 1. The molecule has 0 atom stereocenters. The van der Waals surface area contributed by atoms with Gasteiger partial charge < -0.3 is 19.9 Å². The molecule has 4 aromatic rings. The fraction of sp³-hybridized carbons (Fsp3) is 0.350. The van der Waals surface area contributed by atoms with E-state index < -0.39 is 0 Å². The number of carbonyl (C=O) groups is 1. The fourth-order valence-corrected chi connectivity index (χ4v) is 3.94. The molecule has 30 heavy (non-hydrogen) atoms. The first-order chi connectivity index (χ1) is 14.6. The Morgan fingerprint density at radius 1 is 1.27 bits per heavy atom. The van der Waals surface area contributed by atoms with Crippen molar-refractivity contribution in [1.82, 2.24) is 34.4 Å². The molecule has 154 valence electrons. The molecular weight excluding hydrogens is 384 g/mol. The van der Waals surface area contributed by atoms with E-state index in [-0.39, 0.29) is 11.9 Å². The highest BCUT2D eigenvalue weighted by Gasteiger charge is 2.22. The molecule has 10 nitrogen and oxygen atoms in total. The third kappa shape index (κ3) is 3.19. The zero-order chi connectivity index (χ0) is 20.7. The van der Waals surface area contributed by atoms with Crippen LogP contribution in [0.5, 0.6) is 5.88 Å². The SMILES string of the molecule is COc1nc(NC2CCN(C(C)=O)CC2)nc2[nH]cc(-c3ccc4ncnn4c3)c12. The topological polar surface area (TPSA) is 113 Å². The van der Waals surface area contributed by atoms with Crippen LogP contribution in [0.3, 0.4) is 0 Å². The lowest BCUT2D eigenvalue weighted by molar-refractivity contribution is -0.129. The molecule has 5 heterocycles. The average molecular weight is 406 g/mol. The highest BCUT2D eigenvalue weighted by atomic mass is 16.5. The van der Waals surface area contributed by atoms with E-state index in [9.17, 15) is 4.79 Å². The van der Waals surface area contributed by atoms with Gasteiger partial charge in [0.1, 0.15) is 12.0 Å². The van der Waals surface area contributed by atoms with E-state index in [2.05, 4.69) is 30.4 Å². The predicted molar refractivity (Wildman–Crippen MR) is 111 cm³/mol. The number of nitrogens with zero attached hydrogens (tertiary/aromatic N) is 6. The minimum Gasteiger partial charge on any atom is -0.480 e. The Hall–Kier alpha value is -3.69. The van der Waals surface area contributed by atoms with Crippen molar-refractivity contribution < 1.29 is 9.53 Å². The summed E-state index contributed by atoms with van der Waals surface area (Å²) in [5.74, 6) is 1.13. The highest BCUT2D eigenvalue weighted by Crippen LogP contribution is 2.34. The molecule has 1 aliphatic heterocycles. The molecule has 10 heteroatoms. The minimum absolute atomic E-state index is 0.121. The van der Waals surface area contributed by atoms with Crippen molar-refractivity contribution in [3.05, 3.63) is 30.9 Å². The molecule has 0 radical (unpaired) electrons. The summed E-state index contributed by atoms with van der Waals surface area (Å²) in [5.41, 5.74) is 3.36. The zero-order valence-corrected chi connectivity index (χ0v) is 16.8. The van der Waals surface area contributed by atoms with Crippen LogP contribution in [0, 0.1) is 0 Å². The number of likely N-dealkylation sites (tertiary alicyclic amines) is 1. The molecule has 0 aliphatic carbocycles. The minimum atomic E-state index is 0.121. The number of nitrogens with one attached hydrogen (secondary N) is 2. The van der Waals surface area contributed by atoms with Crippen molar-refractivity contribution in [2.24, 2.45) is 0 Å². The second kappa shape index (κ2) is 7.29. The Labute approximate surface area is 172 Å². The first kappa shape index (κ1) is 18.3. The zero-order valence-electron chi connectivity index (χ0n) is 16.8. The predicted octanol–water partition coefficient (Wildman–Crippen LogP) is 2.10. The molecule has 0 saturated carbocycles.